The number of urea groups is 1. The van der Waals surface area contributed by atoms with Gasteiger partial charge in [0.25, 0.3) is 0 Å². The second-order valence-electron chi connectivity index (χ2n) is 4.68. The zero-order valence-electron chi connectivity index (χ0n) is 10.2. The molecule has 4 nitrogen and oxygen atoms in total. The van der Waals surface area contributed by atoms with Crippen LogP contribution in [0.25, 0.3) is 0 Å². The van der Waals surface area contributed by atoms with Crippen molar-refractivity contribution in [2.75, 3.05) is 0 Å². The molecule has 1 rings (SSSR count). The molecular weight excluding hydrogens is 190 g/mol. The van der Waals surface area contributed by atoms with Crippen molar-refractivity contribution in [1.29, 1.82) is 0 Å². The van der Waals surface area contributed by atoms with Crippen LogP contribution >= 0.6 is 0 Å². The summed E-state index contributed by atoms with van der Waals surface area (Å²) in [5, 5.41) is 0. The molecule has 1 aliphatic rings. The molecule has 2 N–H and O–H groups in total. The van der Waals surface area contributed by atoms with Crippen LogP contribution in [0.15, 0.2) is 4.99 Å². The summed E-state index contributed by atoms with van der Waals surface area (Å²) in [6, 6.07) is -0.0669. The minimum atomic E-state index is -0.384. The fraction of sp³-hybridized carbons (Fsp3) is 0.818. The number of hydrogen-bond donors (Lipinski definition) is 1. The van der Waals surface area contributed by atoms with Crippen LogP contribution in [-0.2, 0) is 0 Å². The third-order valence-electron chi connectivity index (χ3n) is 3.31. The Labute approximate surface area is 91.5 Å². The third kappa shape index (κ3) is 1.52. The number of nitrogens with two attached hydrogens (primary N) is 1. The topological polar surface area (TPSA) is 58.7 Å². The number of carbonyl (C=O) groups excluding carboxylic acids is 1. The van der Waals surface area contributed by atoms with Gasteiger partial charge in [-0.25, -0.2) is 4.79 Å². The maximum Gasteiger partial charge on any atom is 0.346 e. The normalized spacial score (nSPS) is 26.7. The Morgan fingerprint density at radius 1 is 1.40 bits per heavy atom. The first-order valence-electron chi connectivity index (χ1n) is 5.55. The van der Waals surface area contributed by atoms with E-state index in [1.165, 1.54) is 0 Å². The highest BCUT2D eigenvalue weighted by molar-refractivity contribution is 6.06. The lowest BCUT2D eigenvalue weighted by molar-refractivity contribution is 0.113. The van der Waals surface area contributed by atoms with Crippen molar-refractivity contribution in [3.05, 3.63) is 0 Å². The predicted molar refractivity (Wildman–Crippen MR) is 61.9 cm³/mol. The minimum absolute atomic E-state index is 0.129. The van der Waals surface area contributed by atoms with Crippen LogP contribution in [-0.4, -0.2) is 28.3 Å². The summed E-state index contributed by atoms with van der Waals surface area (Å²) in [5.74, 6) is 0.749. The molecule has 1 atom stereocenters. The summed E-state index contributed by atoms with van der Waals surface area (Å²) in [6.07, 6.45) is 0.809. The van der Waals surface area contributed by atoms with E-state index in [0.29, 0.717) is 5.84 Å². The summed E-state index contributed by atoms with van der Waals surface area (Å²) in [6.45, 7) is 10.2. The van der Waals surface area contributed by atoms with Gasteiger partial charge in [-0.2, -0.15) is 4.99 Å². The van der Waals surface area contributed by atoms with Crippen LogP contribution in [0.3, 0.4) is 0 Å². The summed E-state index contributed by atoms with van der Waals surface area (Å²) in [5.41, 5.74) is 5.55. The van der Waals surface area contributed by atoms with Gasteiger partial charge in [0.05, 0.1) is 0 Å². The van der Waals surface area contributed by atoms with Gasteiger partial charge >= 0.3 is 6.03 Å². The van der Waals surface area contributed by atoms with Crippen LogP contribution in [0.5, 0.6) is 0 Å². The van der Waals surface area contributed by atoms with Crippen LogP contribution in [0.4, 0.5) is 4.79 Å². The lowest BCUT2D eigenvalue weighted by atomic mass is 9.81. The molecule has 0 aromatic rings. The van der Waals surface area contributed by atoms with Gasteiger partial charge in [0, 0.05) is 6.04 Å². The molecular formula is C11H21N3O. The molecule has 0 radical (unpaired) electrons. The van der Waals surface area contributed by atoms with E-state index in [2.05, 4.69) is 25.8 Å². The van der Waals surface area contributed by atoms with Crippen molar-refractivity contribution >= 4 is 11.9 Å². The number of amidine groups is 1. The lowest BCUT2D eigenvalue weighted by Crippen LogP contribution is -2.59. The summed E-state index contributed by atoms with van der Waals surface area (Å²) in [7, 11) is 0. The monoisotopic (exact) mass is 211 g/mol. The van der Waals surface area contributed by atoms with Crippen molar-refractivity contribution in [2.45, 2.75) is 52.6 Å². The summed E-state index contributed by atoms with van der Waals surface area (Å²) in [4.78, 5) is 17.5. The zero-order valence-corrected chi connectivity index (χ0v) is 10.2. The highest BCUT2D eigenvalue weighted by Gasteiger charge is 2.50. The van der Waals surface area contributed by atoms with E-state index in [1.807, 2.05) is 18.7 Å². The molecule has 0 saturated heterocycles. The number of aliphatic imine (C=N–C) groups is 1. The average Bonchev–Trinajstić information content (AvgIpc) is 2.37. The van der Waals surface area contributed by atoms with Crippen LogP contribution in [0, 0.1) is 5.92 Å². The molecule has 86 valence electrons. The van der Waals surface area contributed by atoms with Gasteiger partial charge in [-0.15, -0.1) is 0 Å². The standard InChI is InChI=1S/C11H21N3O/c1-6-11(7(2)3)9(12)13-10(15)14(11)8(4)5/h7-8H,6H2,1-5H3,(H2,12,13,15). The molecule has 0 aromatic heterocycles. The fourth-order valence-electron chi connectivity index (χ4n) is 2.56. The Balaban J connectivity index is 3.22. The van der Waals surface area contributed by atoms with Gasteiger partial charge in [-0.05, 0) is 26.2 Å². The van der Waals surface area contributed by atoms with E-state index in [0.717, 1.165) is 6.42 Å². The van der Waals surface area contributed by atoms with E-state index in [1.54, 1.807) is 0 Å². The highest BCUT2D eigenvalue weighted by atomic mass is 16.2. The van der Waals surface area contributed by atoms with E-state index in [9.17, 15) is 4.79 Å². The molecule has 0 fully saturated rings. The maximum atomic E-state index is 11.8. The number of amides is 2. The summed E-state index contributed by atoms with van der Waals surface area (Å²) >= 11 is 0. The quantitative estimate of drug-likeness (QED) is 0.776. The third-order valence-corrected chi connectivity index (χ3v) is 3.31. The average molecular weight is 211 g/mol. The van der Waals surface area contributed by atoms with E-state index < -0.39 is 0 Å². The van der Waals surface area contributed by atoms with Gasteiger partial charge < -0.3 is 10.6 Å². The molecule has 4 heteroatoms. The first kappa shape index (κ1) is 12.0. The number of rotatable bonds is 3. The molecule has 2 amide bonds. The van der Waals surface area contributed by atoms with Crippen LogP contribution in [0.1, 0.15) is 41.0 Å². The smallest absolute Gasteiger partial charge is 0.346 e. The molecule has 0 saturated carbocycles. The van der Waals surface area contributed by atoms with Crippen molar-refractivity contribution in [3.63, 3.8) is 0 Å². The zero-order chi connectivity index (χ0) is 11.8. The molecule has 1 unspecified atom stereocenters. The molecule has 0 spiro atoms. The number of hydrogen-bond acceptors (Lipinski definition) is 2. The number of nitrogens with zero attached hydrogens (tertiary/aromatic N) is 2. The molecule has 1 aliphatic heterocycles. The van der Waals surface area contributed by atoms with Crippen molar-refractivity contribution < 1.29 is 4.79 Å². The number of carbonyl (C=O) groups is 1. The highest BCUT2D eigenvalue weighted by Crippen LogP contribution is 2.35. The van der Waals surface area contributed by atoms with Gasteiger partial charge in [-0.3, -0.25) is 0 Å². The Hall–Kier alpha value is -1.06. The van der Waals surface area contributed by atoms with Crippen molar-refractivity contribution in [3.8, 4) is 0 Å². The lowest BCUT2D eigenvalue weighted by Gasteiger charge is -2.43. The fourth-order valence-corrected chi connectivity index (χ4v) is 2.56. The van der Waals surface area contributed by atoms with Gasteiger partial charge in [-0.1, -0.05) is 20.8 Å². The van der Waals surface area contributed by atoms with Gasteiger partial charge in [0.2, 0.25) is 0 Å². The van der Waals surface area contributed by atoms with Crippen molar-refractivity contribution in [1.82, 2.24) is 4.90 Å². The Morgan fingerprint density at radius 3 is 2.20 bits per heavy atom. The van der Waals surface area contributed by atoms with Gasteiger partial charge in [0.15, 0.2) is 0 Å². The summed E-state index contributed by atoms with van der Waals surface area (Å²) < 4.78 is 0. The second kappa shape index (κ2) is 3.83. The van der Waals surface area contributed by atoms with E-state index in [-0.39, 0.29) is 23.5 Å². The largest absolute Gasteiger partial charge is 0.385 e. The van der Waals surface area contributed by atoms with Crippen LogP contribution < -0.4 is 5.73 Å². The molecule has 0 aromatic carbocycles. The SMILES string of the molecule is CCC1(C(C)C)C(N)=NC(=O)N1C(C)C. The molecule has 1 heterocycles. The van der Waals surface area contributed by atoms with E-state index >= 15 is 0 Å². The Kier molecular flexibility index (Phi) is 3.07. The first-order chi connectivity index (χ1) is 6.87. The maximum absolute atomic E-state index is 11.8. The van der Waals surface area contributed by atoms with Crippen molar-refractivity contribution in [2.24, 2.45) is 16.6 Å². The van der Waals surface area contributed by atoms with E-state index in [4.69, 9.17) is 5.73 Å². The second-order valence-corrected chi connectivity index (χ2v) is 4.68. The first-order valence-corrected chi connectivity index (χ1v) is 5.55. The predicted octanol–water partition coefficient (Wildman–Crippen LogP) is 1.99. The molecule has 0 aliphatic carbocycles. The Morgan fingerprint density at radius 2 is 1.93 bits per heavy atom. The molecule has 0 bridgehead atoms. The minimum Gasteiger partial charge on any atom is -0.385 e. The Bertz CT molecular complexity index is 296. The van der Waals surface area contributed by atoms with Gasteiger partial charge in [0.1, 0.15) is 11.4 Å². The molecule has 15 heavy (non-hydrogen) atoms. The van der Waals surface area contributed by atoms with Crippen LogP contribution in [0.2, 0.25) is 0 Å².